The zero-order valence-electron chi connectivity index (χ0n) is 16.1. The number of amides is 1. The Kier molecular flexibility index (Phi) is 6.37. The molecule has 0 radical (unpaired) electrons. The van der Waals surface area contributed by atoms with Gasteiger partial charge >= 0.3 is 0 Å². The van der Waals surface area contributed by atoms with Crippen molar-refractivity contribution in [3.8, 4) is 5.75 Å². The lowest BCUT2D eigenvalue weighted by Gasteiger charge is -2.30. The fourth-order valence-corrected chi connectivity index (χ4v) is 5.98. The molecule has 1 aliphatic rings. The van der Waals surface area contributed by atoms with Crippen molar-refractivity contribution in [2.24, 2.45) is 0 Å². The van der Waals surface area contributed by atoms with Gasteiger partial charge in [-0.15, -0.1) is 11.3 Å². The molecule has 0 N–H and O–H groups in total. The Morgan fingerprint density at radius 1 is 1.36 bits per heavy atom. The monoisotopic (exact) mass is 441 g/mol. The van der Waals surface area contributed by atoms with Crippen LogP contribution in [0.15, 0.2) is 29.6 Å². The molecule has 0 saturated carbocycles. The third-order valence-electron chi connectivity index (χ3n) is 4.91. The summed E-state index contributed by atoms with van der Waals surface area (Å²) in [5.74, 6) is 0.503. The molecule has 1 aromatic carbocycles. The molecule has 5 nitrogen and oxygen atoms in total. The molecule has 2 atom stereocenters. The van der Waals surface area contributed by atoms with E-state index in [1.54, 1.807) is 23.2 Å². The Balaban J connectivity index is 1.79. The van der Waals surface area contributed by atoms with Crippen LogP contribution in [0.5, 0.6) is 5.75 Å². The van der Waals surface area contributed by atoms with Crippen LogP contribution in [0.2, 0.25) is 5.02 Å². The van der Waals surface area contributed by atoms with Crippen LogP contribution in [-0.2, 0) is 21.2 Å². The zero-order valence-corrected chi connectivity index (χ0v) is 18.5. The van der Waals surface area contributed by atoms with E-state index in [1.807, 2.05) is 43.5 Å². The standard InChI is InChI=1S/C20H24ClNO4S2/c1-13-9-17(10-14(2)19(13)21)26-15(3)20(23)22(11-18-5-4-7-27-18)16-6-8-28(24,25)12-16/h4-5,7,9-10,15-16H,6,8,11-12H2,1-3H3/t15-,16+/m0/s1. The van der Waals surface area contributed by atoms with Gasteiger partial charge in [0.05, 0.1) is 18.1 Å². The molecule has 2 aromatic rings. The number of ether oxygens (including phenoxy) is 1. The number of thiophene rings is 1. The first-order valence-corrected chi connectivity index (χ1v) is 12.2. The number of rotatable bonds is 6. The van der Waals surface area contributed by atoms with Gasteiger partial charge in [0.2, 0.25) is 0 Å². The third-order valence-corrected chi connectivity index (χ3v) is 8.12. The van der Waals surface area contributed by atoms with E-state index < -0.39 is 15.9 Å². The summed E-state index contributed by atoms with van der Waals surface area (Å²) in [5, 5.41) is 2.63. The first-order chi connectivity index (χ1) is 13.2. The fourth-order valence-electron chi connectivity index (χ4n) is 3.44. The number of nitrogens with zero attached hydrogens (tertiary/aromatic N) is 1. The number of carbonyl (C=O) groups excluding carboxylic acids is 1. The van der Waals surface area contributed by atoms with Crippen LogP contribution in [-0.4, -0.2) is 42.9 Å². The van der Waals surface area contributed by atoms with Crippen LogP contribution in [0.1, 0.15) is 29.3 Å². The number of aryl methyl sites for hydroxylation is 2. The van der Waals surface area contributed by atoms with Gasteiger partial charge in [0.1, 0.15) is 5.75 Å². The molecule has 152 valence electrons. The highest BCUT2D eigenvalue weighted by Gasteiger charge is 2.36. The zero-order chi connectivity index (χ0) is 20.5. The van der Waals surface area contributed by atoms with E-state index in [1.165, 1.54) is 0 Å². The average molecular weight is 442 g/mol. The topological polar surface area (TPSA) is 63.7 Å². The third kappa shape index (κ3) is 4.88. The van der Waals surface area contributed by atoms with Gasteiger partial charge in [0.25, 0.3) is 5.91 Å². The maximum Gasteiger partial charge on any atom is 0.263 e. The average Bonchev–Trinajstić information content (AvgIpc) is 3.26. The van der Waals surface area contributed by atoms with Gasteiger partial charge in [-0.05, 0) is 61.9 Å². The molecule has 0 bridgehead atoms. The van der Waals surface area contributed by atoms with E-state index >= 15 is 0 Å². The van der Waals surface area contributed by atoms with Crippen LogP contribution >= 0.6 is 22.9 Å². The van der Waals surface area contributed by atoms with Gasteiger partial charge in [0.15, 0.2) is 15.9 Å². The lowest BCUT2D eigenvalue weighted by atomic mass is 10.1. The molecule has 0 spiro atoms. The second-order valence-corrected chi connectivity index (χ2v) is 10.9. The molecule has 0 unspecified atom stereocenters. The Morgan fingerprint density at radius 2 is 2.04 bits per heavy atom. The van der Waals surface area contributed by atoms with Crippen molar-refractivity contribution in [3.05, 3.63) is 50.7 Å². The highest BCUT2D eigenvalue weighted by Crippen LogP contribution is 2.28. The Hall–Kier alpha value is -1.57. The summed E-state index contributed by atoms with van der Waals surface area (Å²) in [6, 6.07) is 7.17. The minimum absolute atomic E-state index is 0.00992. The Bertz CT molecular complexity index is 934. The predicted molar refractivity (Wildman–Crippen MR) is 113 cm³/mol. The molecular formula is C20H24ClNO4S2. The SMILES string of the molecule is Cc1cc(O[C@@H](C)C(=O)N(Cc2cccs2)[C@@H]2CCS(=O)(=O)C2)cc(C)c1Cl. The molecule has 1 aromatic heterocycles. The molecule has 3 rings (SSSR count). The van der Waals surface area contributed by atoms with Crippen molar-refractivity contribution in [3.63, 3.8) is 0 Å². The first kappa shape index (κ1) is 21.1. The summed E-state index contributed by atoms with van der Waals surface area (Å²) in [6.45, 7) is 5.87. The van der Waals surface area contributed by atoms with Crippen LogP contribution in [0.3, 0.4) is 0 Å². The molecule has 1 amide bonds. The maximum atomic E-state index is 13.2. The van der Waals surface area contributed by atoms with Gasteiger partial charge in [-0.3, -0.25) is 4.79 Å². The molecule has 28 heavy (non-hydrogen) atoms. The van der Waals surface area contributed by atoms with Gasteiger partial charge in [-0.25, -0.2) is 8.42 Å². The minimum atomic E-state index is -3.10. The summed E-state index contributed by atoms with van der Waals surface area (Å²) in [7, 11) is -3.10. The van der Waals surface area contributed by atoms with Gasteiger partial charge in [-0.1, -0.05) is 17.7 Å². The second kappa shape index (κ2) is 8.43. The van der Waals surface area contributed by atoms with Gasteiger partial charge < -0.3 is 9.64 Å². The minimum Gasteiger partial charge on any atom is -0.481 e. The van der Waals surface area contributed by atoms with Gasteiger partial charge in [-0.2, -0.15) is 0 Å². The Morgan fingerprint density at radius 3 is 2.57 bits per heavy atom. The van der Waals surface area contributed by atoms with E-state index in [0.717, 1.165) is 16.0 Å². The van der Waals surface area contributed by atoms with Crippen molar-refractivity contribution in [1.29, 1.82) is 0 Å². The van der Waals surface area contributed by atoms with E-state index in [0.29, 0.717) is 23.7 Å². The fraction of sp³-hybridized carbons (Fsp3) is 0.450. The van der Waals surface area contributed by atoms with E-state index in [2.05, 4.69) is 0 Å². The summed E-state index contributed by atoms with van der Waals surface area (Å²) < 4.78 is 29.8. The van der Waals surface area contributed by atoms with Crippen LogP contribution in [0.4, 0.5) is 0 Å². The van der Waals surface area contributed by atoms with Crippen molar-refractivity contribution >= 4 is 38.7 Å². The number of sulfone groups is 1. The number of carbonyl (C=O) groups is 1. The lowest BCUT2D eigenvalue weighted by Crippen LogP contribution is -2.46. The quantitative estimate of drug-likeness (QED) is 0.679. The maximum absolute atomic E-state index is 13.2. The smallest absolute Gasteiger partial charge is 0.263 e. The number of hydrogen-bond acceptors (Lipinski definition) is 5. The van der Waals surface area contributed by atoms with E-state index in [4.69, 9.17) is 16.3 Å². The number of hydrogen-bond donors (Lipinski definition) is 0. The predicted octanol–water partition coefficient (Wildman–Crippen LogP) is 4.00. The molecule has 1 saturated heterocycles. The number of halogens is 1. The molecule has 8 heteroatoms. The second-order valence-electron chi connectivity index (χ2n) is 7.23. The van der Waals surface area contributed by atoms with Crippen LogP contribution < -0.4 is 4.74 Å². The molecular weight excluding hydrogens is 418 g/mol. The van der Waals surface area contributed by atoms with E-state index in [-0.39, 0.29) is 23.5 Å². The van der Waals surface area contributed by atoms with Crippen molar-refractivity contribution in [2.45, 2.75) is 45.9 Å². The first-order valence-electron chi connectivity index (χ1n) is 9.13. The molecule has 0 aliphatic carbocycles. The highest BCUT2D eigenvalue weighted by atomic mass is 35.5. The number of benzene rings is 1. The van der Waals surface area contributed by atoms with Crippen LogP contribution in [0.25, 0.3) is 0 Å². The summed E-state index contributed by atoms with van der Waals surface area (Å²) >= 11 is 7.75. The molecule has 1 fully saturated rings. The molecule has 1 aliphatic heterocycles. The summed E-state index contributed by atoms with van der Waals surface area (Å²) in [6.07, 6.45) is -0.269. The normalized spacial score (nSPS) is 19.4. The Labute approximate surface area is 175 Å². The lowest BCUT2D eigenvalue weighted by molar-refractivity contribution is -0.140. The molecule has 2 heterocycles. The van der Waals surface area contributed by atoms with Crippen molar-refractivity contribution in [1.82, 2.24) is 4.90 Å². The van der Waals surface area contributed by atoms with E-state index in [9.17, 15) is 13.2 Å². The van der Waals surface area contributed by atoms with Gasteiger partial charge in [0, 0.05) is 15.9 Å². The summed E-state index contributed by atoms with van der Waals surface area (Å²) in [5.41, 5.74) is 1.77. The highest BCUT2D eigenvalue weighted by molar-refractivity contribution is 7.91. The summed E-state index contributed by atoms with van der Waals surface area (Å²) in [4.78, 5) is 15.9. The van der Waals surface area contributed by atoms with Crippen molar-refractivity contribution < 1.29 is 17.9 Å². The van der Waals surface area contributed by atoms with Crippen LogP contribution in [0, 0.1) is 13.8 Å². The largest absolute Gasteiger partial charge is 0.481 e. The van der Waals surface area contributed by atoms with Crippen molar-refractivity contribution in [2.75, 3.05) is 11.5 Å².